The number of hydrogen-bond donors (Lipinski definition) is 0. The highest BCUT2D eigenvalue weighted by molar-refractivity contribution is 5.79. The summed E-state index contributed by atoms with van der Waals surface area (Å²) in [6.45, 7) is 14.2. The van der Waals surface area contributed by atoms with E-state index < -0.39 is 0 Å². The molecule has 23 heavy (non-hydrogen) atoms. The third kappa shape index (κ3) is 5.98. The normalized spacial score (nSPS) is 13.8. The molecule has 0 aliphatic rings. The van der Waals surface area contributed by atoms with E-state index in [1.165, 1.54) is 0 Å². The zero-order valence-corrected chi connectivity index (χ0v) is 15.5. The van der Waals surface area contributed by atoms with Crippen LogP contribution in [0.25, 0.3) is 0 Å². The number of nitrogens with zero attached hydrogens (tertiary/aromatic N) is 1. The fraction of sp³-hybridized carbons (Fsp3) is 0.650. The van der Waals surface area contributed by atoms with E-state index in [-0.39, 0.29) is 17.8 Å². The lowest BCUT2D eigenvalue weighted by Gasteiger charge is -2.24. The van der Waals surface area contributed by atoms with Gasteiger partial charge in [0.1, 0.15) is 0 Å². The molecule has 130 valence electrons. The quantitative estimate of drug-likeness (QED) is 0.473. The standard InChI is InChI=1S/C20H33NO2/c1-6-16(4)19(18-13-10-9-12-17(18)5)20(22)23-15-11-14-21(7-2)8-3/h9-10,12-13,16,19H,6-8,11,14-15H2,1-5H3. The Morgan fingerprint density at radius 1 is 1.17 bits per heavy atom. The Balaban J connectivity index is 2.66. The Labute approximate surface area is 142 Å². The van der Waals surface area contributed by atoms with E-state index >= 15 is 0 Å². The summed E-state index contributed by atoms with van der Waals surface area (Å²) >= 11 is 0. The third-order valence-electron chi connectivity index (χ3n) is 4.75. The van der Waals surface area contributed by atoms with Crippen LogP contribution >= 0.6 is 0 Å². The lowest BCUT2D eigenvalue weighted by Crippen LogP contribution is -2.27. The lowest BCUT2D eigenvalue weighted by molar-refractivity contribution is -0.147. The summed E-state index contributed by atoms with van der Waals surface area (Å²) in [7, 11) is 0. The first-order chi connectivity index (χ1) is 11.0. The van der Waals surface area contributed by atoms with E-state index in [9.17, 15) is 4.79 Å². The van der Waals surface area contributed by atoms with Gasteiger partial charge in [-0.05, 0) is 43.5 Å². The van der Waals surface area contributed by atoms with Crippen molar-refractivity contribution in [3.8, 4) is 0 Å². The number of rotatable bonds is 10. The summed E-state index contributed by atoms with van der Waals surface area (Å²) < 4.78 is 5.61. The van der Waals surface area contributed by atoms with E-state index in [1.807, 2.05) is 12.1 Å². The maximum Gasteiger partial charge on any atom is 0.313 e. The van der Waals surface area contributed by atoms with E-state index in [0.717, 1.165) is 43.6 Å². The molecule has 1 rings (SSSR count). The van der Waals surface area contributed by atoms with E-state index in [2.05, 4.69) is 51.7 Å². The van der Waals surface area contributed by atoms with Gasteiger partial charge in [0.05, 0.1) is 12.5 Å². The van der Waals surface area contributed by atoms with Gasteiger partial charge in [-0.1, -0.05) is 58.4 Å². The molecular formula is C20H33NO2. The Hall–Kier alpha value is -1.35. The zero-order valence-electron chi connectivity index (χ0n) is 15.5. The molecule has 0 bridgehead atoms. The Bertz CT molecular complexity index is 468. The largest absolute Gasteiger partial charge is 0.465 e. The van der Waals surface area contributed by atoms with Crippen LogP contribution in [-0.4, -0.2) is 37.1 Å². The second kappa shape index (κ2) is 10.4. The van der Waals surface area contributed by atoms with E-state index in [4.69, 9.17) is 4.74 Å². The molecular weight excluding hydrogens is 286 g/mol. The minimum absolute atomic E-state index is 0.0757. The summed E-state index contributed by atoms with van der Waals surface area (Å²) in [6, 6.07) is 8.15. The summed E-state index contributed by atoms with van der Waals surface area (Å²) in [5.74, 6) is 0.0502. The van der Waals surface area contributed by atoms with Crippen molar-refractivity contribution in [3.05, 3.63) is 35.4 Å². The predicted octanol–water partition coefficient (Wildman–Crippen LogP) is 4.40. The van der Waals surface area contributed by atoms with Gasteiger partial charge in [0.25, 0.3) is 0 Å². The fourth-order valence-electron chi connectivity index (χ4n) is 2.93. The Kier molecular flexibility index (Phi) is 8.93. The van der Waals surface area contributed by atoms with Crippen LogP contribution in [0.15, 0.2) is 24.3 Å². The number of carbonyl (C=O) groups excluding carboxylic acids is 1. The first-order valence-electron chi connectivity index (χ1n) is 8.99. The molecule has 0 saturated heterocycles. The summed E-state index contributed by atoms with van der Waals surface area (Å²) in [5, 5.41) is 0. The van der Waals surface area contributed by atoms with Crippen LogP contribution in [0.3, 0.4) is 0 Å². The molecule has 0 heterocycles. The molecule has 2 unspecified atom stereocenters. The fourth-order valence-corrected chi connectivity index (χ4v) is 2.93. The minimum atomic E-state index is -0.158. The van der Waals surface area contributed by atoms with Gasteiger partial charge in [-0.3, -0.25) is 4.79 Å². The minimum Gasteiger partial charge on any atom is -0.465 e. The second-order valence-corrected chi connectivity index (χ2v) is 6.27. The molecule has 0 aliphatic carbocycles. The highest BCUT2D eigenvalue weighted by Gasteiger charge is 2.28. The maximum absolute atomic E-state index is 12.6. The number of hydrogen-bond acceptors (Lipinski definition) is 3. The van der Waals surface area contributed by atoms with Crippen molar-refractivity contribution >= 4 is 5.97 Å². The second-order valence-electron chi connectivity index (χ2n) is 6.27. The third-order valence-corrected chi connectivity index (χ3v) is 4.75. The Morgan fingerprint density at radius 2 is 1.83 bits per heavy atom. The van der Waals surface area contributed by atoms with Gasteiger partial charge in [-0.15, -0.1) is 0 Å². The van der Waals surface area contributed by atoms with Gasteiger partial charge < -0.3 is 9.64 Å². The van der Waals surface area contributed by atoms with Crippen LogP contribution in [-0.2, 0) is 9.53 Å². The zero-order chi connectivity index (χ0) is 17.2. The van der Waals surface area contributed by atoms with Crippen molar-refractivity contribution in [2.75, 3.05) is 26.2 Å². The van der Waals surface area contributed by atoms with Crippen LogP contribution in [0.5, 0.6) is 0 Å². The van der Waals surface area contributed by atoms with Crippen LogP contribution in [0.2, 0.25) is 0 Å². The van der Waals surface area contributed by atoms with Crippen molar-refractivity contribution < 1.29 is 9.53 Å². The molecule has 0 radical (unpaired) electrons. The van der Waals surface area contributed by atoms with Crippen LogP contribution in [0, 0.1) is 12.8 Å². The summed E-state index contributed by atoms with van der Waals surface area (Å²) in [4.78, 5) is 15.0. The monoisotopic (exact) mass is 319 g/mol. The van der Waals surface area contributed by atoms with Crippen LogP contribution in [0.4, 0.5) is 0 Å². The summed E-state index contributed by atoms with van der Waals surface area (Å²) in [6.07, 6.45) is 1.86. The molecule has 0 aliphatic heterocycles. The molecule has 0 fully saturated rings. The van der Waals surface area contributed by atoms with Crippen molar-refractivity contribution in [1.82, 2.24) is 4.90 Å². The average molecular weight is 319 g/mol. The number of aryl methyl sites for hydroxylation is 1. The number of benzene rings is 1. The number of ether oxygens (including phenoxy) is 1. The lowest BCUT2D eigenvalue weighted by atomic mass is 9.83. The molecule has 0 amide bonds. The molecule has 2 atom stereocenters. The van der Waals surface area contributed by atoms with Gasteiger partial charge in [-0.2, -0.15) is 0 Å². The van der Waals surface area contributed by atoms with Crippen molar-refractivity contribution in [3.63, 3.8) is 0 Å². The molecule has 1 aromatic rings. The highest BCUT2D eigenvalue weighted by Crippen LogP contribution is 2.30. The SMILES string of the molecule is CCC(C)C(C(=O)OCCCN(CC)CC)c1ccccc1C. The molecule has 0 aromatic heterocycles. The molecule has 0 spiro atoms. The smallest absolute Gasteiger partial charge is 0.313 e. The Morgan fingerprint density at radius 3 is 2.39 bits per heavy atom. The topological polar surface area (TPSA) is 29.5 Å². The number of esters is 1. The predicted molar refractivity (Wildman–Crippen MR) is 96.7 cm³/mol. The molecule has 0 saturated carbocycles. The highest BCUT2D eigenvalue weighted by atomic mass is 16.5. The molecule has 1 aromatic carbocycles. The van der Waals surface area contributed by atoms with Gasteiger partial charge in [0.15, 0.2) is 0 Å². The van der Waals surface area contributed by atoms with Crippen molar-refractivity contribution in [2.45, 2.75) is 53.4 Å². The molecule has 0 N–H and O–H groups in total. The van der Waals surface area contributed by atoms with Gasteiger partial charge in [0, 0.05) is 6.54 Å². The van der Waals surface area contributed by atoms with Crippen molar-refractivity contribution in [1.29, 1.82) is 0 Å². The van der Waals surface area contributed by atoms with Gasteiger partial charge >= 0.3 is 5.97 Å². The number of carbonyl (C=O) groups is 1. The molecule has 3 heteroatoms. The van der Waals surface area contributed by atoms with E-state index in [0.29, 0.717) is 6.61 Å². The first kappa shape index (κ1) is 19.7. The van der Waals surface area contributed by atoms with Gasteiger partial charge in [-0.25, -0.2) is 0 Å². The average Bonchev–Trinajstić information content (AvgIpc) is 2.56. The molecule has 3 nitrogen and oxygen atoms in total. The van der Waals surface area contributed by atoms with Gasteiger partial charge in [0.2, 0.25) is 0 Å². The van der Waals surface area contributed by atoms with Crippen LogP contribution in [0.1, 0.15) is 57.6 Å². The van der Waals surface area contributed by atoms with E-state index in [1.54, 1.807) is 0 Å². The van der Waals surface area contributed by atoms with Crippen LogP contribution < -0.4 is 0 Å². The van der Waals surface area contributed by atoms with Crippen molar-refractivity contribution in [2.24, 2.45) is 5.92 Å². The summed E-state index contributed by atoms with van der Waals surface area (Å²) in [5.41, 5.74) is 2.27. The first-order valence-corrected chi connectivity index (χ1v) is 8.99. The maximum atomic E-state index is 12.6.